The van der Waals surface area contributed by atoms with Crippen molar-refractivity contribution < 1.29 is 4.92 Å². The molecule has 0 amide bonds. The van der Waals surface area contributed by atoms with Crippen LogP contribution in [0.4, 0.5) is 5.69 Å². The summed E-state index contributed by atoms with van der Waals surface area (Å²) in [6, 6.07) is 12.3. The average molecular weight is 251 g/mol. The van der Waals surface area contributed by atoms with Gasteiger partial charge in [-0.3, -0.25) is 15.1 Å². The van der Waals surface area contributed by atoms with E-state index in [1.807, 2.05) is 30.3 Å². The molecule has 0 saturated carbocycles. The second-order valence-corrected chi connectivity index (χ2v) is 4.04. The van der Waals surface area contributed by atoms with E-state index in [0.29, 0.717) is 11.2 Å². The molecular formula is C14H9N3O2. The summed E-state index contributed by atoms with van der Waals surface area (Å²) in [7, 11) is 0. The van der Waals surface area contributed by atoms with E-state index in [-0.39, 0.29) is 5.69 Å². The lowest BCUT2D eigenvalue weighted by Crippen LogP contribution is -1.92. The second kappa shape index (κ2) is 4.45. The molecule has 0 aliphatic carbocycles. The average Bonchev–Trinajstić information content (AvgIpc) is 2.47. The smallest absolute Gasteiger partial charge is 0.265 e. The Morgan fingerprint density at radius 2 is 1.79 bits per heavy atom. The first-order valence-corrected chi connectivity index (χ1v) is 5.70. The van der Waals surface area contributed by atoms with Crippen LogP contribution in [0, 0.1) is 10.1 Å². The van der Waals surface area contributed by atoms with Gasteiger partial charge in [-0.2, -0.15) is 0 Å². The van der Waals surface area contributed by atoms with Crippen molar-refractivity contribution in [2.45, 2.75) is 0 Å². The van der Waals surface area contributed by atoms with E-state index in [4.69, 9.17) is 0 Å². The Morgan fingerprint density at radius 3 is 2.53 bits per heavy atom. The van der Waals surface area contributed by atoms with E-state index in [1.165, 1.54) is 6.07 Å². The Balaban J connectivity index is 2.25. The number of aromatic nitrogens is 2. The molecule has 0 bridgehead atoms. The predicted octanol–water partition coefficient (Wildman–Crippen LogP) is 3.21. The molecule has 19 heavy (non-hydrogen) atoms. The van der Waals surface area contributed by atoms with Gasteiger partial charge in [-0.15, -0.1) is 0 Å². The lowest BCUT2D eigenvalue weighted by molar-refractivity contribution is -0.383. The highest BCUT2D eigenvalue weighted by Crippen LogP contribution is 2.26. The van der Waals surface area contributed by atoms with Gasteiger partial charge in [0.15, 0.2) is 0 Å². The first kappa shape index (κ1) is 11.3. The van der Waals surface area contributed by atoms with Crippen LogP contribution in [-0.4, -0.2) is 14.9 Å². The van der Waals surface area contributed by atoms with Gasteiger partial charge in [0, 0.05) is 29.4 Å². The van der Waals surface area contributed by atoms with Crippen molar-refractivity contribution in [3.05, 3.63) is 65.0 Å². The van der Waals surface area contributed by atoms with Crippen molar-refractivity contribution in [1.82, 2.24) is 9.97 Å². The number of nitro benzene ring substituents is 1. The molecule has 0 aliphatic heterocycles. The number of nitro groups is 1. The number of para-hydroxylation sites is 1. The van der Waals surface area contributed by atoms with Crippen molar-refractivity contribution in [1.29, 1.82) is 0 Å². The molecule has 92 valence electrons. The van der Waals surface area contributed by atoms with Crippen molar-refractivity contribution in [3.8, 4) is 11.3 Å². The topological polar surface area (TPSA) is 68.9 Å². The lowest BCUT2D eigenvalue weighted by atomic mass is 10.1. The van der Waals surface area contributed by atoms with Gasteiger partial charge < -0.3 is 0 Å². The zero-order valence-electron chi connectivity index (χ0n) is 9.85. The number of pyridine rings is 2. The fraction of sp³-hybridized carbons (Fsp3) is 0. The predicted molar refractivity (Wildman–Crippen MR) is 71.6 cm³/mol. The summed E-state index contributed by atoms with van der Waals surface area (Å²) in [5.41, 5.74) is 2.01. The first-order chi connectivity index (χ1) is 9.25. The minimum atomic E-state index is -0.411. The molecule has 0 N–H and O–H groups in total. The van der Waals surface area contributed by atoms with Gasteiger partial charge in [0.1, 0.15) is 5.52 Å². The summed E-state index contributed by atoms with van der Waals surface area (Å²) in [6.45, 7) is 0. The van der Waals surface area contributed by atoms with Crippen LogP contribution in [0.2, 0.25) is 0 Å². The Bertz CT molecular complexity index is 757. The Kier molecular flexibility index (Phi) is 2.64. The van der Waals surface area contributed by atoms with Crippen LogP contribution in [0.15, 0.2) is 54.9 Å². The second-order valence-electron chi connectivity index (χ2n) is 4.04. The standard InChI is InChI=1S/C14H9N3O2/c18-17(19)13-3-1-2-11-4-5-12(16-14(11)13)10-6-8-15-9-7-10/h1-9H. The molecule has 1 aromatic carbocycles. The Morgan fingerprint density at radius 1 is 1.00 bits per heavy atom. The molecule has 5 heteroatoms. The van der Waals surface area contributed by atoms with Crippen LogP contribution in [0.5, 0.6) is 0 Å². The van der Waals surface area contributed by atoms with Crippen LogP contribution >= 0.6 is 0 Å². The monoisotopic (exact) mass is 251 g/mol. The SMILES string of the molecule is O=[N+]([O-])c1cccc2ccc(-c3ccncc3)nc12. The molecule has 0 fully saturated rings. The Labute approximate surface area is 108 Å². The molecule has 0 aliphatic rings. The van der Waals surface area contributed by atoms with Crippen molar-refractivity contribution in [2.24, 2.45) is 0 Å². The van der Waals surface area contributed by atoms with Gasteiger partial charge in [-0.1, -0.05) is 18.2 Å². The van der Waals surface area contributed by atoms with E-state index < -0.39 is 4.92 Å². The molecule has 5 nitrogen and oxygen atoms in total. The maximum atomic E-state index is 11.0. The quantitative estimate of drug-likeness (QED) is 0.518. The summed E-state index contributed by atoms with van der Waals surface area (Å²) in [4.78, 5) is 18.9. The summed E-state index contributed by atoms with van der Waals surface area (Å²) >= 11 is 0. The molecule has 0 radical (unpaired) electrons. The zero-order valence-corrected chi connectivity index (χ0v) is 9.85. The molecule has 3 aromatic rings. The minimum absolute atomic E-state index is 0.0217. The number of hydrogen-bond donors (Lipinski definition) is 0. The number of hydrogen-bond acceptors (Lipinski definition) is 4. The normalized spacial score (nSPS) is 10.5. The fourth-order valence-electron chi connectivity index (χ4n) is 1.96. The number of non-ortho nitro benzene ring substituents is 1. The van der Waals surface area contributed by atoms with Crippen LogP contribution in [0.25, 0.3) is 22.2 Å². The minimum Gasteiger partial charge on any atom is -0.265 e. The molecular weight excluding hydrogens is 242 g/mol. The third-order valence-corrected chi connectivity index (χ3v) is 2.87. The summed E-state index contributed by atoms with van der Waals surface area (Å²) < 4.78 is 0. The van der Waals surface area contributed by atoms with Crippen molar-refractivity contribution in [3.63, 3.8) is 0 Å². The highest BCUT2D eigenvalue weighted by Gasteiger charge is 2.13. The molecule has 0 spiro atoms. The van der Waals surface area contributed by atoms with Gasteiger partial charge in [-0.25, -0.2) is 4.98 Å². The molecule has 3 rings (SSSR count). The van der Waals surface area contributed by atoms with E-state index in [1.54, 1.807) is 18.5 Å². The van der Waals surface area contributed by atoms with Crippen LogP contribution < -0.4 is 0 Å². The summed E-state index contributed by atoms with van der Waals surface area (Å²) in [6.07, 6.45) is 3.33. The maximum absolute atomic E-state index is 11.0. The largest absolute Gasteiger partial charge is 0.295 e. The van der Waals surface area contributed by atoms with E-state index in [2.05, 4.69) is 9.97 Å². The number of nitrogens with zero attached hydrogens (tertiary/aromatic N) is 3. The first-order valence-electron chi connectivity index (χ1n) is 5.70. The van der Waals surface area contributed by atoms with E-state index in [0.717, 1.165) is 10.9 Å². The Hall–Kier alpha value is -2.82. The highest BCUT2D eigenvalue weighted by molar-refractivity contribution is 5.88. The van der Waals surface area contributed by atoms with Crippen molar-refractivity contribution >= 4 is 16.6 Å². The third kappa shape index (κ3) is 2.01. The summed E-state index contributed by atoms with van der Waals surface area (Å²) in [5, 5.41) is 11.8. The molecule has 0 saturated heterocycles. The van der Waals surface area contributed by atoms with Gasteiger partial charge in [0.05, 0.1) is 10.6 Å². The van der Waals surface area contributed by atoms with Gasteiger partial charge >= 0.3 is 0 Å². The van der Waals surface area contributed by atoms with Crippen LogP contribution in [0.3, 0.4) is 0 Å². The fourth-order valence-corrected chi connectivity index (χ4v) is 1.96. The van der Waals surface area contributed by atoms with E-state index in [9.17, 15) is 10.1 Å². The van der Waals surface area contributed by atoms with Gasteiger partial charge in [0.25, 0.3) is 5.69 Å². The molecule has 2 heterocycles. The number of rotatable bonds is 2. The summed E-state index contributed by atoms with van der Waals surface area (Å²) in [5.74, 6) is 0. The van der Waals surface area contributed by atoms with Crippen LogP contribution in [-0.2, 0) is 0 Å². The van der Waals surface area contributed by atoms with Gasteiger partial charge in [-0.05, 0) is 18.2 Å². The van der Waals surface area contributed by atoms with Gasteiger partial charge in [0.2, 0.25) is 0 Å². The maximum Gasteiger partial charge on any atom is 0.295 e. The number of fused-ring (bicyclic) bond motifs is 1. The molecule has 2 aromatic heterocycles. The highest BCUT2D eigenvalue weighted by atomic mass is 16.6. The zero-order chi connectivity index (χ0) is 13.2. The van der Waals surface area contributed by atoms with E-state index >= 15 is 0 Å². The van der Waals surface area contributed by atoms with Crippen LogP contribution in [0.1, 0.15) is 0 Å². The molecule has 0 unspecified atom stereocenters. The molecule has 0 atom stereocenters. The lowest BCUT2D eigenvalue weighted by Gasteiger charge is -2.03. The third-order valence-electron chi connectivity index (χ3n) is 2.87. The van der Waals surface area contributed by atoms with Crippen molar-refractivity contribution in [2.75, 3.05) is 0 Å². The number of benzene rings is 1.